The second kappa shape index (κ2) is 7.72. The fourth-order valence-corrected chi connectivity index (χ4v) is 3.52. The molecule has 0 aromatic carbocycles. The minimum absolute atomic E-state index is 0.0962. The Morgan fingerprint density at radius 1 is 1.50 bits per heavy atom. The van der Waals surface area contributed by atoms with E-state index in [0.29, 0.717) is 12.5 Å². The highest BCUT2D eigenvalue weighted by molar-refractivity contribution is 7.13. The molecule has 0 saturated carbocycles. The van der Waals surface area contributed by atoms with Gasteiger partial charge in [-0.2, -0.15) is 0 Å². The lowest BCUT2D eigenvalue weighted by molar-refractivity contribution is -0.119. The molecule has 0 unspecified atom stereocenters. The monoisotopic (exact) mass is 345 g/mol. The standard InChI is InChI=1S/C17H23N5OS/c1-13-4-3-5-15(20-13)19-10-14-6-8-22(11-14)12-16(23)21(2)17-18-7-9-24-17/h3-5,7,9,14H,6,8,10-12H2,1-2H3,(H,19,20)/t14-/m0/s1. The number of likely N-dealkylation sites (tertiary alicyclic amines) is 1. The van der Waals surface area contributed by atoms with Crippen LogP contribution < -0.4 is 10.2 Å². The van der Waals surface area contributed by atoms with E-state index >= 15 is 0 Å². The Labute approximate surface area is 146 Å². The molecule has 1 aliphatic rings. The lowest BCUT2D eigenvalue weighted by Crippen LogP contribution is -2.37. The highest BCUT2D eigenvalue weighted by Gasteiger charge is 2.25. The first kappa shape index (κ1) is 16.9. The molecule has 7 heteroatoms. The maximum absolute atomic E-state index is 12.3. The lowest BCUT2D eigenvalue weighted by Gasteiger charge is -2.20. The predicted octanol–water partition coefficient (Wildman–Crippen LogP) is 2.24. The average Bonchev–Trinajstić information content (AvgIpc) is 3.24. The van der Waals surface area contributed by atoms with Crippen molar-refractivity contribution in [2.75, 3.05) is 43.4 Å². The molecule has 0 spiro atoms. The van der Waals surface area contributed by atoms with E-state index in [0.717, 1.165) is 42.7 Å². The van der Waals surface area contributed by atoms with Gasteiger partial charge in [0.1, 0.15) is 5.82 Å². The van der Waals surface area contributed by atoms with Gasteiger partial charge in [0.25, 0.3) is 0 Å². The van der Waals surface area contributed by atoms with Gasteiger partial charge in [0.2, 0.25) is 5.91 Å². The van der Waals surface area contributed by atoms with Gasteiger partial charge in [0.15, 0.2) is 5.13 Å². The molecular formula is C17H23N5OS. The van der Waals surface area contributed by atoms with E-state index in [-0.39, 0.29) is 5.91 Å². The van der Waals surface area contributed by atoms with Crippen LogP contribution in [0.5, 0.6) is 0 Å². The summed E-state index contributed by atoms with van der Waals surface area (Å²) >= 11 is 1.48. The Kier molecular flexibility index (Phi) is 5.42. The minimum Gasteiger partial charge on any atom is -0.370 e. The van der Waals surface area contributed by atoms with Crippen molar-refractivity contribution in [3.63, 3.8) is 0 Å². The van der Waals surface area contributed by atoms with Crippen molar-refractivity contribution in [3.05, 3.63) is 35.5 Å². The highest BCUT2D eigenvalue weighted by Crippen LogP contribution is 2.19. The van der Waals surface area contributed by atoms with Crippen LogP contribution in [0.15, 0.2) is 29.8 Å². The normalized spacial score (nSPS) is 17.8. The fraction of sp³-hybridized carbons (Fsp3) is 0.471. The van der Waals surface area contributed by atoms with E-state index in [2.05, 4.69) is 20.2 Å². The van der Waals surface area contributed by atoms with Gasteiger partial charge >= 0.3 is 0 Å². The first-order chi connectivity index (χ1) is 11.6. The summed E-state index contributed by atoms with van der Waals surface area (Å²) in [5, 5.41) is 6.04. The number of thiazole rings is 1. The largest absolute Gasteiger partial charge is 0.370 e. The predicted molar refractivity (Wildman–Crippen MR) is 97.5 cm³/mol. The summed E-state index contributed by atoms with van der Waals surface area (Å²) in [4.78, 5) is 24.9. The van der Waals surface area contributed by atoms with Crippen molar-refractivity contribution in [1.82, 2.24) is 14.9 Å². The Bertz CT molecular complexity index is 675. The van der Waals surface area contributed by atoms with Crippen LogP contribution in [0.1, 0.15) is 12.1 Å². The van der Waals surface area contributed by atoms with E-state index < -0.39 is 0 Å². The van der Waals surface area contributed by atoms with Crippen molar-refractivity contribution in [2.24, 2.45) is 5.92 Å². The Balaban J connectivity index is 1.44. The third-order valence-electron chi connectivity index (χ3n) is 4.27. The number of hydrogen-bond donors (Lipinski definition) is 1. The summed E-state index contributed by atoms with van der Waals surface area (Å²) < 4.78 is 0. The van der Waals surface area contributed by atoms with E-state index in [4.69, 9.17) is 0 Å². The smallest absolute Gasteiger partial charge is 0.242 e. The van der Waals surface area contributed by atoms with Crippen LogP contribution in [0.2, 0.25) is 0 Å². The molecule has 1 fully saturated rings. The van der Waals surface area contributed by atoms with Crippen molar-refractivity contribution in [3.8, 4) is 0 Å². The zero-order chi connectivity index (χ0) is 16.9. The third-order valence-corrected chi connectivity index (χ3v) is 5.12. The molecule has 1 amide bonds. The molecule has 128 valence electrons. The number of pyridine rings is 1. The zero-order valence-electron chi connectivity index (χ0n) is 14.1. The molecule has 3 heterocycles. The number of carbonyl (C=O) groups excluding carboxylic acids is 1. The molecule has 24 heavy (non-hydrogen) atoms. The topological polar surface area (TPSA) is 61.4 Å². The number of rotatable bonds is 6. The molecule has 1 aliphatic heterocycles. The van der Waals surface area contributed by atoms with Gasteiger partial charge in [-0.25, -0.2) is 9.97 Å². The summed E-state index contributed by atoms with van der Waals surface area (Å²) in [6.07, 6.45) is 2.83. The molecule has 1 N–H and O–H groups in total. The quantitative estimate of drug-likeness (QED) is 0.870. The molecule has 1 atom stereocenters. The Morgan fingerprint density at radius 3 is 3.12 bits per heavy atom. The molecule has 0 bridgehead atoms. The van der Waals surface area contributed by atoms with Gasteiger partial charge < -0.3 is 5.32 Å². The Morgan fingerprint density at radius 2 is 2.38 bits per heavy atom. The van der Waals surface area contributed by atoms with E-state index in [1.807, 2.05) is 30.5 Å². The molecule has 0 aliphatic carbocycles. The number of nitrogens with one attached hydrogen (secondary N) is 1. The first-order valence-electron chi connectivity index (χ1n) is 8.18. The van der Waals surface area contributed by atoms with Crippen LogP contribution in [-0.2, 0) is 4.79 Å². The maximum atomic E-state index is 12.3. The summed E-state index contributed by atoms with van der Waals surface area (Å²) in [6, 6.07) is 6.00. The number of nitrogens with zero attached hydrogens (tertiary/aromatic N) is 4. The minimum atomic E-state index is 0.0962. The van der Waals surface area contributed by atoms with Gasteiger partial charge in [0, 0.05) is 37.4 Å². The number of aromatic nitrogens is 2. The molecule has 2 aromatic rings. The molecule has 6 nitrogen and oxygen atoms in total. The number of hydrogen-bond acceptors (Lipinski definition) is 6. The van der Waals surface area contributed by atoms with Crippen molar-refractivity contribution in [2.45, 2.75) is 13.3 Å². The fourth-order valence-electron chi connectivity index (χ4n) is 2.90. The highest BCUT2D eigenvalue weighted by atomic mass is 32.1. The number of carbonyl (C=O) groups is 1. The maximum Gasteiger partial charge on any atom is 0.242 e. The summed E-state index contributed by atoms with van der Waals surface area (Å²) in [5.74, 6) is 1.57. The lowest BCUT2D eigenvalue weighted by atomic mass is 10.1. The summed E-state index contributed by atoms with van der Waals surface area (Å²) in [5.41, 5.74) is 1.02. The zero-order valence-corrected chi connectivity index (χ0v) is 14.9. The average molecular weight is 345 g/mol. The van der Waals surface area contributed by atoms with Crippen LogP contribution in [0.25, 0.3) is 0 Å². The second-order valence-corrected chi connectivity index (χ2v) is 7.08. The number of aryl methyl sites for hydroxylation is 1. The van der Waals surface area contributed by atoms with Gasteiger partial charge in [-0.1, -0.05) is 6.07 Å². The molecular weight excluding hydrogens is 322 g/mol. The van der Waals surface area contributed by atoms with E-state index in [1.54, 1.807) is 18.1 Å². The van der Waals surface area contributed by atoms with Crippen LogP contribution in [0, 0.1) is 12.8 Å². The van der Waals surface area contributed by atoms with Gasteiger partial charge in [-0.05, 0) is 37.9 Å². The van der Waals surface area contributed by atoms with Crippen molar-refractivity contribution < 1.29 is 4.79 Å². The molecule has 1 saturated heterocycles. The molecule has 0 radical (unpaired) electrons. The van der Waals surface area contributed by atoms with Crippen LogP contribution in [-0.4, -0.2) is 54.0 Å². The molecule has 3 rings (SSSR count). The van der Waals surface area contributed by atoms with Gasteiger partial charge in [-0.15, -0.1) is 11.3 Å². The molecule has 2 aromatic heterocycles. The number of amides is 1. The van der Waals surface area contributed by atoms with E-state index in [1.165, 1.54) is 11.3 Å². The Hall–Kier alpha value is -1.99. The van der Waals surface area contributed by atoms with Gasteiger partial charge in [-0.3, -0.25) is 14.6 Å². The third kappa shape index (κ3) is 4.30. The first-order valence-corrected chi connectivity index (χ1v) is 9.05. The number of anilines is 2. The summed E-state index contributed by atoms with van der Waals surface area (Å²) in [7, 11) is 1.79. The van der Waals surface area contributed by atoms with Crippen molar-refractivity contribution >= 4 is 28.2 Å². The SMILES string of the molecule is Cc1cccc(NC[C@@H]2CCN(CC(=O)N(C)c3nccs3)C2)n1. The van der Waals surface area contributed by atoms with Crippen LogP contribution in [0.4, 0.5) is 10.9 Å². The van der Waals surface area contributed by atoms with Crippen LogP contribution in [0.3, 0.4) is 0 Å². The van der Waals surface area contributed by atoms with Gasteiger partial charge in [0.05, 0.1) is 6.54 Å². The summed E-state index contributed by atoms with van der Waals surface area (Å²) in [6.45, 7) is 5.24. The van der Waals surface area contributed by atoms with E-state index in [9.17, 15) is 4.79 Å². The van der Waals surface area contributed by atoms with Crippen molar-refractivity contribution in [1.29, 1.82) is 0 Å². The second-order valence-electron chi connectivity index (χ2n) is 6.20. The number of likely N-dealkylation sites (N-methyl/N-ethyl adjacent to an activating group) is 1. The van der Waals surface area contributed by atoms with Crippen LogP contribution >= 0.6 is 11.3 Å².